The largest absolute Gasteiger partial charge is 0.322 e. The molecule has 1 aliphatic carbocycles. The van der Waals surface area contributed by atoms with Gasteiger partial charge in [0.1, 0.15) is 0 Å². The summed E-state index contributed by atoms with van der Waals surface area (Å²) in [4.78, 5) is 12.8. The third-order valence-electron chi connectivity index (χ3n) is 5.02. The van der Waals surface area contributed by atoms with Crippen LogP contribution in [-0.2, 0) is 12.8 Å². The molecule has 1 heterocycles. The predicted octanol–water partition coefficient (Wildman–Crippen LogP) is 4.62. The third-order valence-corrected chi connectivity index (χ3v) is 5.02. The number of aromatic nitrogens is 2. The molecule has 4 heteroatoms. The highest BCUT2D eigenvalue weighted by molar-refractivity contribution is 6.05. The molecular weight excluding hydrogens is 322 g/mol. The quantitative estimate of drug-likeness (QED) is 0.753. The molecule has 4 nitrogen and oxygen atoms in total. The maximum atomic E-state index is 12.8. The fourth-order valence-corrected chi connectivity index (χ4v) is 3.77. The zero-order valence-electron chi connectivity index (χ0n) is 15.2. The van der Waals surface area contributed by atoms with Gasteiger partial charge >= 0.3 is 0 Å². The van der Waals surface area contributed by atoms with Crippen molar-refractivity contribution < 1.29 is 4.79 Å². The Morgan fingerprint density at radius 2 is 1.81 bits per heavy atom. The summed E-state index contributed by atoms with van der Waals surface area (Å²) in [5.74, 6) is -0.0254. The number of anilines is 1. The van der Waals surface area contributed by atoms with Crippen molar-refractivity contribution in [1.82, 2.24) is 9.78 Å². The molecule has 0 aliphatic heterocycles. The lowest BCUT2D eigenvalue weighted by Gasteiger charge is -2.19. The fraction of sp³-hybridized carbons (Fsp3) is 0.273. The van der Waals surface area contributed by atoms with Crippen LogP contribution in [0.15, 0.2) is 48.5 Å². The zero-order chi connectivity index (χ0) is 18.1. The molecule has 0 radical (unpaired) electrons. The number of carbonyl (C=O) groups is 1. The number of nitrogens with one attached hydrogen (secondary N) is 1. The van der Waals surface area contributed by atoms with Gasteiger partial charge in [0.05, 0.1) is 11.4 Å². The van der Waals surface area contributed by atoms with Crippen LogP contribution in [0.1, 0.15) is 45.7 Å². The smallest absolute Gasteiger partial charge is 0.255 e. The van der Waals surface area contributed by atoms with Crippen LogP contribution in [0, 0.1) is 13.8 Å². The second-order valence-electron chi connectivity index (χ2n) is 6.99. The Morgan fingerprint density at radius 1 is 1.04 bits per heavy atom. The van der Waals surface area contributed by atoms with Gasteiger partial charge in [-0.3, -0.25) is 4.79 Å². The van der Waals surface area contributed by atoms with E-state index in [0.29, 0.717) is 0 Å². The van der Waals surface area contributed by atoms with Crippen LogP contribution in [0.2, 0.25) is 0 Å². The first kappa shape index (κ1) is 16.6. The lowest BCUT2D eigenvalue weighted by atomic mass is 9.88. The molecular formula is C22H23N3O. The number of fused-ring (bicyclic) bond motifs is 1. The monoisotopic (exact) mass is 345 g/mol. The molecule has 1 amide bonds. The number of benzene rings is 2. The first-order valence-electron chi connectivity index (χ1n) is 9.17. The van der Waals surface area contributed by atoms with Gasteiger partial charge in [0.2, 0.25) is 0 Å². The number of rotatable bonds is 3. The van der Waals surface area contributed by atoms with Crippen LogP contribution in [0.3, 0.4) is 0 Å². The lowest BCUT2D eigenvalue weighted by Crippen LogP contribution is -2.17. The summed E-state index contributed by atoms with van der Waals surface area (Å²) >= 11 is 0. The minimum Gasteiger partial charge on any atom is -0.322 e. The molecule has 0 fully saturated rings. The average Bonchev–Trinajstić information content (AvgIpc) is 3.00. The maximum absolute atomic E-state index is 12.8. The normalized spacial score (nSPS) is 13.3. The molecule has 1 aromatic heterocycles. The van der Waals surface area contributed by atoms with E-state index in [4.69, 9.17) is 0 Å². The Morgan fingerprint density at radius 3 is 2.54 bits per heavy atom. The first-order chi connectivity index (χ1) is 12.6. The Kier molecular flexibility index (Phi) is 4.33. The van der Waals surface area contributed by atoms with E-state index >= 15 is 0 Å². The number of nitrogens with zero attached hydrogens (tertiary/aromatic N) is 2. The summed E-state index contributed by atoms with van der Waals surface area (Å²) in [6.07, 6.45) is 4.45. The van der Waals surface area contributed by atoms with Crippen LogP contribution in [0.4, 0.5) is 5.69 Å². The maximum Gasteiger partial charge on any atom is 0.255 e. The van der Waals surface area contributed by atoms with Gasteiger partial charge in [-0.05, 0) is 87.1 Å². The molecule has 0 spiro atoms. The molecule has 1 aliphatic rings. The summed E-state index contributed by atoms with van der Waals surface area (Å²) in [6, 6.07) is 15.9. The third kappa shape index (κ3) is 3.15. The number of hydrogen-bond donors (Lipinski definition) is 1. The van der Waals surface area contributed by atoms with E-state index in [-0.39, 0.29) is 5.91 Å². The highest BCUT2D eigenvalue weighted by Crippen LogP contribution is 2.25. The second-order valence-corrected chi connectivity index (χ2v) is 6.99. The molecule has 1 N–H and O–H groups in total. The van der Waals surface area contributed by atoms with Crippen molar-refractivity contribution in [3.8, 4) is 5.69 Å². The van der Waals surface area contributed by atoms with Crippen molar-refractivity contribution >= 4 is 11.6 Å². The summed E-state index contributed by atoms with van der Waals surface area (Å²) in [6.45, 7) is 4.02. The SMILES string of the molecule is Cc1cc(C)n(-c2ccc(NC(=O)c3cccc4c3CCCC4)cc2)n1. The number of amides is 1. The van der Waals surface area contributed by atoms with E-state index in [9.17, 15) is 4.79 Å². The Bertz CT molecular complexity index is 954. The van der Waals surface area contributed by atoms with Crippen molar-refractivity contribution in [2.75, 3.05) is 5.32 Å². The lowest BCUT2D eigenvalue weighted by molar-refractivity contribution is 0.102. The predicted molar refractivity (Wildman–Crippen MR) is 104 cm³/mol. The van der Waals surface area contributed by atoms with E-state index in [0.717, 1.165) is 47.6 Å². The molecule has 132 valence electrons. The van der Waals surface area contributed by atoms with Crippen LogP contribution in [0.25, 0.3) is 5.69 Å². The van der Waals surface area contributed by atoms with Crippen LogP contribution in [-0.4, -0.2) is 15.7 Å². The molecule has 26 heavy (non-hydrogen) atoms. The Labute approximate surface area is 153 Å². The first-order valence-corrected chi connectivity index (χ1v) is 9.17. The minimum absolute atomic E-state index is 0.0254. The van der Waals surface area contributed by atoms with Crippen molar-refractivity contribution in [3.63, 3.8) is 0 Å². The van der Waals surface area contributed by atoms with Gasteiger partial charge in [-0.25, -0.2) is 4.68 Å². The van der Waals surface area contributed by atoms with E-state index in [1.54, 1.807) is 0 Å². The highest BCUT2D eigenvalue weighted by Gasteiger charge is 2.17. The van der Waals surface area contributed by atoms with Crippen molar-refractivity contribution in [2.45, 2.75) is 39.5 Å². The van der Waals surface area contributed by atoms with Gasteiger partial charge in [0.25, 0.3) is 5.91 Å². The number of carbonyl (C=O) groups excluding carboxylic acids is 1. The van der Waals surface area contributed by atoms with Gasteiger partial charge in [-0.1, -0.05) is 12.1 Å². The molecule has 0 saturated heterocycles. The van der Waals surface area contributed by atoms with E-state index in [1.165, 1.54) is 17.5 Å². The van der Waals surface area contributed by atoms with Gasteiger partial charge < -0.3 is 5.32 Å². The van der Waals surface area contributed by atoms with Crippen LogP contribution >= 0.6 is 0 Å². The molecule has 0 atom stereocenters. The summed E-state index contributed by atoms with van der Waals surface area (Å²) in [5, 5.41) is 7.53. The molecule has 2 aromatic carbocycles. The van der Waals surface area contributed by atoms with Gasteiger partial charge in [-0.2, -0.15) is 5.10 Å². The summed E-state index contributed by atoms with van der Waals surface area (Å²) in [7, 11) is 0. The van der Waals surface area contributed by atoms with Crippen LogP contribution in [0.5, 0.6) is 0 Å². The van der Waals surface area contributed by atoms with Gasteiger partial charge in [0, 0.05) is 16.9 Å². The number of hydrogen-bond acceptors (Lipinski definition) is 2. The Hall–Kier alpha value is -2.88. The zero-order valence-corrected chi connectivity index (χ0v) is 15.2. The number of aryl methyl sites for hydroxylation is 3. The van der Waals surface area contributed by atoms with E-state index in [1.807, 2.05) is 61.0 Å². The highest BCUT2D eigenvalue weighted by atomic mass is 16.1. The van der Waals surface area contributed by atoms with Crippen molar-refractivity contribution in [3.05, 3.63) is 76.6 Å². The molecule has 0 unspecified atom stereocenters. The average molecular weight is 345 g/mol. The van der Waals surface area contributed by atoms with Crippen LogP contribution < -0.4 is 5.32 Å². The summed E-state index contributed by atoms with van der Waals surface area (Å²) in [5.41, 5.74) is 7.23. The van der Waals surface area contributed by atoms with Crippen molar-refractivity contribution in [1.29, 1.82) is 0 Å². The minimum atomic E-state index is -0.0254. The van der Waals surface area contributed by atoms with Crippen molar-refractivity contribution in [2.24, 2.45) is 0 Å². The topological polar surface area (TPSA) is 46.9 Å². The standard InChI is InChI=1S/C22H23N3O/c1-15-14-16(2)25(24-15)19-12-10-18(11-13-19)23-22(26)21-9-5-7-17-6-3-4-8-20(17)21/h5,7,9-14H,3-4,6,8H2,1-2H3,(H,23,26). The molecule has 0 saturated carbocycles. The van der Waals surface area contributed by atoms with E-state index < -0.39 is 0 Å². The molecule has 3 aromatic rings. The molecule has 4 rings (SSSR count). The Balaban J connectivity index is 1.55. The summed E-state index contributed by atoms with van der Waals surface area (Å²) < 4.78 is 1.91. The van der Waals surface area contributed by atoms with Gasteiger partial charge in [-0.15, -0.1) is 0 Å². The van der Waals surface area contributed by atoms with E-state index in [2.05, 4.69) is 16.5 Å². The molecule has 0 bridgehead atoms. The fourth-order valence-electron chi connectivity index (χ4n) is 3.77. The second kappa shape index (κ2) is 6.79. The van der Waals surface area contributed by atoms with Gasteiger partial charge in [0.15, 0.2) is 0 Å².